The predicted octanol–water partition coefficient (Wildman–Crippen LogP) is 6.67. The topological polar surface area (TPSA) is 32.7 Å². The molecule has 0 spiro atoms. The Balaban J connectivity index is 1.74. The summed E-state index contributed by atoms with van der Waals surface area (Å²) in [5.41, 5.74) is 6.30. The number of benzene rings is 3. The first-order chi connectivity index (χ1) is 14.5. The number of anilines is 1. The van der Waals surface area contributed by atoms with Crippen LogP contribution < -0.4 is 4.90 Å². The number of amides is 1. The van der Waals surface area contributed by atoms with E-state index in [0.717, 1.165) is 28.9 Å². The summed E-state index contributed by atoms with van der Waals surface area (Å²) in [6.07, 6.45) is 2.95. The number of carbonyl (C=O) groups excluding carboxylic acids is 1. The molecule has 4 heteroatoms. The van der Waals surface area contributed by atoms with Crippen LogP contribution >= 0.6 is 11.8 Å². The van der Waals surface area contributed by atoms with E-state index in [9.17, 15) is 4.79 Å². The Morgan fingerprint density at radius 1 is 0.867 bits per heavy atom. The van der Waals surface area contributed by atoms with Crippen molar-refractivity contribution in [1.82, 2.24) is 0 Å². The summed E-state index contributed by atoms with van der Waals surface area (Å²) in [4.78, 5) is 20.5. The number of aryl methyl sites for hydroxylation is 3. The second-order valence-corrected chi connectivity index (χ2v) is 8.42. The highest BCUT2D eigenvalue weighted by atomic mass is 32.2. The maximum absolute atomic E-state index is 13.3. The number of hydrogen-bond donors (Lipinski definition) is 0. The van der Waals surface area contributed by atoms with Gasteiger partial charge in [0.15, 0.2) is 5.17 Å². The van der Waals surface area contributed by atoms with E-state index in [-0.39, 0.29) is 5.91 Å². The van der Waals surface area contributed by atoms with Crippen LogP contribution in [-0.2, 0) is 11.2 Å². The van der Waals surface area contributed by atoms with Crippen LogP contribution in [0.2, 0.25) is 0 Å². The second kappa shape index (κ2) is 8.72. The van der Waals surface area contributed by atoms with Crippen molar-refractivity contribution >= 4 is 40.3 Å². The van der Waals surface area contributed by atoms with Gasteiger partial charge in [0.05, 0.1) is 16.3 Å². The van der Waals surface area contributed by atoms with Gasteiger partial charge >= 0.3 is 0 Å². The Labute approximate surface area is 182 Å². The van der Waals surface area contributed by atoms with Crippen LogP contribution in [-0.4, -0.2) is 11.1 Å². The van der Waals surface area contributed by atoms with Crippen molar-refractivity contribution in [2.24, 2.45) is 4.99 Å². The van der Waals surface area contributed by atoms with Gasteiger partial charge in [0.1, 0.15) is 0 Å². The van der Waals surface area contributed by atoms with Gasteiger partial charge in [-0.25, -0.2) is 4.99 Å². The van der Waals surface area contributed by atoms with Crippen molar-refractivity contribution in [3.8, 4) is 0 Å². The van der Waals surface area contributed by atoms with Crippen LogP contribution in [0.3, 0.4) is 0 Å². The lowest BCUT2D eigenvalue weighted by Gasteiger charge is -2.16. The van der Waals surface area contributed by atoms with Gasteiger partial charge in [-0.05, 0) is 73.5 Å². The second-order valence-electron chi connectivity index (χ2n) is 7.41. The van der Waals surface area contributed by atoms with Crippen molar-refractivity contribution in [2.45, 2.75) is 27.2 Å². The molecule has 1 saturated heterocycles. The van der Waals surface area contributed by atoms with Crippen molar-refractivity contribution in [2.75, 3.05) is 4.90 Å². The fourth-order valence-corrected chi connectivity index (χ4v) is 4.20. The Kier molecular flexibility index (Phi) is 5.86. The Morgan fingerprint density at radius 3 is 2.07 bits per heavy atom. The van der Waals surface area contributed by atoms with E-state index in [0.29, 0.717) is 10.1 Å². The molecule has 4 rings (SSSR count). The lowest BCUT2D eigenvalue weighted by atomic mass is 10.1. The SMILES string of the molecule is CCc1ccc(C=C2SC(=Nc3ccc(C)cc3)N(c3ccc(C)cc3)C2=O)cc1. The fourth-order valence-electron chi connectivity index (χ4n) is 3.20. The van der Waals surface area contributed by atoms with Gasteiger partial charge in [-0.2, -0.15) is 0 Å². The molecule has 150 valence electrons. The number of thioether (sulfide) groups is 1. The first-order valence-corrected chi connectivity index (χ1v) is 10.9. The third-order valence-electron chi connectivity index (χ3n) is 5.04. The van der Waals surface area contributed by atoms with Gasteiger partial charge in [-0.15, -0.1) is 0 Å². The van der Waals surface area contributed by atoms with Crippen molar-refractivity contribution < 1.29 is 4.79 Å². The first kappa shape index (κ1) is 20.2. The minimum Gasteiger partial charge on any atom is -0.268 e. The van der Waals surface area contributed by atoms with Crippen LogP contribution in [0.1, 0.15) is 29.2 Å². The predicted molar refractivity (Wildman–Crippen MR) is 128 cm³/mol. The largest absolute Gasteiger partial charge is 0.271 e. The standard InChI is InChI=1S/C26H24N2OS/c1-4-20-9-11-21(12-10-20)17-24-25(29)28(23-15-7-19(3)8-16-23)26(30-24)27-22-13-5-18(2)6-14-22/h5-17H,4H2,1-3H3. The monoisotopic (exact) mass is 412 g/mol. The summed E-state index contributed by atoms with van der Waals surface area (Å²) >= 11 is 1.42. The van der Waals surface area contributed by atoms with Crippen molar-refractivity contribution in [3.63, 3.8) is 0 Å². The molecule has 3 aromatic rings. The maximum Gasteiger partial charge on any atom is 0.271 e. The summed E-state index contributed by atoms with van der Waals surface area (Å²) in [6.45, 7) is 6.22. The molecule has 0 atom stereocenters. The minimum absolute atomic E-state index is 0.0470. The summed E-state index contributed by atoms with van der Waals surface area (Å²) in [7, 11) is 0. The summed E-state index contributed by atoms with van der Waals surface area (Å²) in [6, 6.07) is 24.3. The average Bonchev–Trinajstić information content (AvgIpc) is 3.05. The summed E-state index contributed by atoms with van der Waals surface area (Å²) < 4.78 is 0. The Morgan fingerprint density at radius 2 is 1.47 bits per heavy atom. The van der Waals surface area contributed by atoms with Crippen LogP contribution in [0.15, 0.2) is 82.7 Å². The molecule has 1 heterocycles. The third-order valence-corrected chi connectivity index (χ3v) is 6.01. The van der Waals surface area contributed by atoms with Gasteiger partial charge in [0, 0.05) is 0 Å². The maximum atomic E-state index is 13.3. The first-order valence-electron chi connectivity index (χ1n) is 10.1. The highest BCUT2D eigenvalue weighted by Gasteiger charge is 2.34. The lowest BCUT2D eigenvalue weighted by molar-refractivity contribution is -0.113. The van der Waals surface area contributed by atoms with E-state index >= 15 is 0 Å². The summed E-state index contributed by atoms with van der Waals surface area (Å²) in [5, 5.41) is 0.670. The third kappa shape index (κ3) is 4.39. The van der Waals surface area contributed by atoms with Gasteiger partial charge in [-0.1, -0.05) is 66.6 Å². The molecule has 1 aliphatic rings. The van der Waals surface area contributed by atoms with Gasteiger partial charge < -0.3 is 0 Å². The van der Waals surface area contributed by atoms with Gasteiger partial charge in [0.25, 0.3) is 5.91 Å². The highest BCUT2D eigenvalue weighted by Crippen LogP contribution is 2.37. The van der Waals surface area contributed by atoms with E-state index in [1.165, 1.54) is 22.9 Å². The van der Waals surface area contributed by atoms with Crippen molar-refractivity contribution in [3.05, 3.63) is 100.0 Å². The number of rotatable bonds is 4. The van der Waals surface area contributed by atoms with Crippen LogP contribution in [0.5, 0.6) is 0 Å². The molecule has 1 amide bonds. The minimum atomic E-state index is -0.0470. The number of hydrogen-bond acceptors (Lipinski definition) is 3. The molecule has 30 heavy (non-hydrogen) atoms. The number of carbonyl (C=O) groups is 1. The smallest absolute Gasteiger partial charge is 0.268 e. The molecule has 0 aliphatic carbocycles. The zero-order valence-corrected chi connectivity index (χ0v) is 18.2. The zero-order valence-electron chi connectivity index (χ0n) is 17.4. The molecule has 0 saturated carbocycles. The molecule has 0 N–H and O–H groups in total. The Bertz CT molecular complexity index is 1110. The van der Waals surface area contributed by atoms with E-state index in [1.807, 2.05) is 68.5 Å². The molecular formula is C26H24N2OS. The molecule has 0 aromatic heterocycles. The Hall–Kier alpha value is -3.11. The molecule has 1 fully saturated rings. The molecule has 0 unspecified atom stereocenters. The van der Waals surface area contributed by atoms with Crippen molar-refractivity contribution in [1.29, 1.82) is 0 Å². The molecule has 3 nitrogen and oxygen atoms in total. The van der Waals surface area contributed by atoms with E-state index in [1.54, 1.807) is 4.90 Å². The van der Waals surface area contributed by atoms with E-state index in [2.05, 4.69) is 31.2 Å². The number of aliphatic imine (C=N–C) groups is 1. The van der Waals surface area contributed by atoms with Gasteiger partial charge in [0.2, 0.25) is 0 Å². The molecule has 0 bridgehead atoms. The van der Waals surface area contributed by atoms with Crippen LogP contribution in [0, 0.1) is 13.8 Å². The van der Waals surface area contributed by atoms with Crippen LogP contribution in [0.4, 0.5) is 11.4 Å². The van der Waals surface area contributed by atoms with Crippen LogP contribution in [0.25, 0.3) is 6.08 Å². The number of amidine groups is 1. The van der Waals surface area contributed by atoms with Gasteiger partial charge in [-0.3, -0.25) is 9.69 Å². The fraction of sp³-hybridized carbons (Fsp3) is 0.154. The molecule has 1 aliphatic heterocycles. The number of nitrogens with zero attached hydrogens (tertiary/aromatic N) is 2. The average molecular weight is 413 g/mol. The summed E-state index contributed by atoms with van der Waals surface area (Å²) in [5.74, 6) is -0.0470. The van der Waals surface area contributed by atoms with E-state index < -0.39 is 0 Å². The quantitative estimate of drug-likeness (QED) is 0.448. The highest BCUT2D eigenvalue weighted by molar-refractivity contribution is 8.19. The van der Waals surface area contributed by atoms with E-state index in [4.69, 9.17) is 4.99 Å². The lowest BCUT2D eigenvalue weighted by Crippen LogP contribution is -2.28. The molecule has 3 aromatic carbocycles. The molecular weight excluding hydrogens is 388 g/mol. The molecule has 0 radical (unpaired) electrons. The zero-order chi connectivity index (χ0) is 21.1. The normalized spacial score (nSPS) is 16.6.